The van der Waals surface area contributed by atoms with Crippen molar-refractivity contribution in [3.05, 3.63) is 64.8 Å². The van der Waals surface area contributed by atoms with Gasteiger partial charge in [-0.2, -0.15) is 0 Å². The standard InChI is InChI=1S/C15H13BrN2/c16-13-4-6-14(7-5-13)18-10-12-3-1-2-11-8-9-17-15(11)12/h1-9,17-18H,10H2. The zero-order chi connectivity index (χ0) is 12.4. The van der Waals surface area contributed by atoms with Crippen molar-refractivity contribution in [1.82, 2.24) is 4.98 Å². The van der Waals surface area contributed by atoms with Crippen molar-refractivity contribution in [2.75, 3.05) is 5.32 Å². The second-order valence-corrected chi connectivity index (χ2v) is 5.14. The van der Waals surface area contributed by atoms with E-state index in [-0.39, 0.29) is 0 Å². The van der Waals surface area contributed by atoms with Crippen molar-refractivity contribution < 1.29 is 0 Å². The van der Waals surface area contributed by atoms with Gasteiger partial charge in [-0.1, -0.05) is 34.1 Å². The molecule has 3 rings (SSSR count). The summed E-state index contributed by atoms with van der Waals surface area (Å²) in [6.07, 6.45) is 1.98. The van der Waals surface area contributed by atoms with Crippen LogP contribution in [0, 0.1) is 0 Å². The Hall–Kier alpha value is -1.74. The van der Waals surface area contributed by atoms with E-state index in [1.54, 1.807) is 0 Å². The molecule has 0 radical (unpaired) electrons. The van der Waals surface area contributed by atoms with Crippen molar-refractivity contribution in [2.45, 2.75) is 6.54 Å². The topological polar surface area (TPSA) is 27.8 Å². The fourth-order valence-corrected chi connectivity index (χ4v) is 2.33. The van der Waals surface area contributed by atoms with Gasteiger partial charge in [0.2, 0.25) is 0 Å². The predicted molar refractivity (Wildman–Crippen MR) is 79.8 cm³/mol. The molecule has 18 heavy (non-hydrogen) atoms. The number of nitrogens with one attached hydrogen (secondary N) is 2. The minimum absolute atomic E-state index is 0.819. The van der Waals surface area contributed by atoms with Gasteiger partial charge in [-0.3, -0.25) is 0 Å². The first-order valence-corrected chi connectivity index (χ1v) is 6.67. The number of hydrogen-bond acceptors (Lipinski definition) is 1. The molecule has 0 aliphatic heterocycles. The Morgan fingerprint density at radius 3 is 2.67 bits per heavy atom. The molecule has 0 aliphatic carbocycles. The van der Waals surface area contributed by atoms with Gasteiger partial charge >= 0.3 is 0 Å². The zero-order valence-corrected chi connectivity index (χ0v) is 11.4. The van der Waals surface area contributed by atoms with Crippen LogP contribution in [0.2, 0.25) is 0 Å². The van der Waals surface area contributed by atoms with E-state index in [0.29, 0.717) is 0 Å². The van der Waals surface area contributed by atoms with Crippen LogP contribution in [0.15, 0.2) is 59.2 Å². The first-order valence-electron chi connectivity index (χ1n) is 5.87. The van der Waals surface area contributed by atoms with E-state index in [4.69, 9.17) is 0 Å². The number of rotatable bonds is 3. The van der Waals surface area contributed by atoms with Crippen LogP contribution < -0.4 is 5.32 Å². The summed E-state index contributed by atoms with van der Waals surface area (Å²) < 4.78 is 1.10. The number of aromatic nitrogens is 1. The van der Waals surface area contributed by atoms with E-state index in [2.05, 4.69) is 62.6 Å². The Morgan fingerprint density at radius 2 is 1.83 bits per heavy atom. The Balaban J connectivity index is 1.80. The van der Waals surface area contributed by atoms with Gasteiger partial charge in [0.1, 0.15) is 0 Å². The van der Waals surface area contributed by atoms with Gasteiger partial charge in [-0.25, -0.2) is 0 Å². The smallest absolute Gasteiger partial charge is 0.0504 e. The van der Waals surface area contributed by atoms with Crippen LogP contribution >= 0.6 is 15.9 Å². The largest absolute Gasteiger partial charge is 0.381 e. The van der Waals surface area contributed by atoms with Crippen LogP contribution in [-0.4, -0.2) is 4.98 Å². The molecule has 0 saturated carbocycles. The van der Waals surface area contributed by atoms with E-state index in [1.807, 2.05) is 18.3 Å². The molecule has 2 nitrogen and oxygen atoms in total. The molecule has 1 heterocycles. The average Bonchev–Trinajstić information content (AvgIpc) is 2.87. The van der Waals surface area contributed by atoms with Crippen LogP contribution in [0.5, 0.6) is 0 Å². The Labute approximate surface area is 114 Å². The van der Waals surface area contributed by atoms with Crippen LogP contribution in [0.3, 0.4) is 0 Å². The summed E-state index contributed by atoms with van der Waals surface area (Å²) in [7, 11) is 0. The van der Waals surface area contributed by atoms with Crippen molar-refractivity contribution in [3.63, 3.8) is 0 Å². The molecule has 0 saturated heterocycles. The lowest BCUT2D eigenvalue weighted by Crippen LogP contribution is -1.99. The highest BCUT2D eigenvalue weighted by Gasteiger charge is 2.01. The van der Waals surface area contributed by atoms with Crippen LogP contribution in [-0.2, 0) is 6.54 Å². The second kappa shape index (κ2) is 4.86. The Morgan fingerprint density at radius 1 is 1.00 bits per heavy atom. The number of para-hydroxylation sites is 1. The van der Waals surface area contributed by atoms with Crippen LogP contribution in [0.1, 0.15) is 5.56 Å². The molecule has 0 bridgehead atoms. The lowest BCUT2D eigenvalue weighted by molar-refractivity contribution is 1.16. The zero-order valence-electron chi connectivity index (χ0n) is 9.78. The maximum absolute atomic E-state index is 3.44. The summed E-state index contributed by atoms with van der Waals surface area (Å²) in [6, 6.07) is 16.7. The van der Waals surface area contributed by atoms with E-state index in [0.717, 1.165) is 16.7 Å². The molecule has 0 unspecified atom stereocenters. The number of anilines is 1. The van der Waals surface area contributed by atoms with E-state index in [1.165, 1.54) is 16.5 Å². The molecule has 0 spiro atoms. The van der Waals surface area contributed by atoms with Crippen LogP contribution in [0.4, 0.5) is 5.69 Å². The summed E-state index contributed by atoms with van der Waals surface area (Å²) in [6.45, 7) is 0.819. The summed E-state index contributed by atoms with van der Waals surface area (Å²) in [4.78, 5) is 3.29. The molecule has 3 heteroatoms. The molecule has 2 aromatic carbocycles. The Bertz CT molecular complexity index is 656. The van der Waals surface area contributed by atoms with Gasteiger partial charge in [0.15, 0.2) is 0 Å². The lowest BCUT2D eigenvalue weighted by Gasteiger charge is -2.07. The summed E-state index contributed by atoms with van der Waals surface area (Å²) in [5.74, 6) is 0. The summed E-state index contributed by atoms with van der Waals surface area (Å²) in [5, 5.41) is 4.68. The Kier molecular flexibility index (Phi) is 3.07. The first kappa shape index (κ1) is 11.4. The van der Waals surface area contributed by atoms with Gasteiger partial charge in [0.05, 0.1) is 5.52 Å². The number of benzene rings is 2. The normalized spacial score (nSPS) is 10.7. The molecule has 0 fully saturated rings. The highest BCUT2D eigenvalue weighted by Crippen LogP contribution is 2.19. The highest BCUT2D eigenvalue weighted by atomic mass is 79.9. The van der Waals surface area contributed by atoms with E-state index >= 15 is 0 Å². The van der Waals surface area contributed by atoms with Crippen molar-refractivity contribution in [3.8, 4) is 0 Å². The average molecular weight is 301 g/mol. The predicted octanol–water partition coefficient (Wildman–Crippen LogP) is 4.54. The van der Waals surface area contributed by atoms with Crippen molar-refractivity contribution in [2.24, 2.45) is 0 Å². The number of aromatic amines is 1. The monoisotopic (exact) mass is 300 g/mol. The second-order valence-electron chi connectivity index (χ2n) is 4.22. The van der Waals surface area contributed by atoms with Gasteiger partial charge in [-0.15, -0.1) is 0 Å². The van der Waals surface area contributed by atoms with Gasteiger partial charge in [0, 0.05) is 22.9 Å². The number of fused-ring (bicyclic) bond motifs is 1. The highest BCUT2D eigenvalue weighted by molar-refractivity contribution is 9.10. The van der Waals surface area contributed by atoms with E-state index in [9.17, 15) is 0 Å². The lowest BCUT2D eigenvalue weighted by atomic mass is 10.1. The minimum Gasteiger partial charge on any atom is -0.381 e. The molecule has 0 atom stereocenters. The molecule has 0 aliphatic rings. The third kappa shape index (κ3) is 2.27. The van der Waals surface area contributed by atoms with Crippen LogP contribution in [0.25, 0.3) is 10.9 Å². The molecule has 90 valence electrons. The van der Waals surface area contributed by atoms with Gasteiger partial charge in [-0.05, 0) is 41.3 Å². The first-order chi connectivity index (χ1) is 8.83. The van der Waals surface area contributed by atoms with Gasteiger partial charge < -0.3 is 10.3 Å². The molecule has 0 amide bonds. The number of halogens is 1. The molecular formula is C15H13BrN2. The third-order valence-corrected chi connectivity index (χ3v) is 3.53. The maximum Gasteiger partial charge on any atom is 0.0504 e. The van der Waals surface area contributed by atoms with E-state index < -0.39 is 0 Å². The van der Waals surface area contributed by atoms with Crippen molar-refractivity contribution in [1.29, 1.82) is 0 Å². The minimum atomic E-state index is 0.819. The molecule has 1 aromatic heterocycles. The quantitative estimate of drug-likeness (QED) is 0.730. The van der Waals surface area contributed by atoms with Gasteiger partial charge in [0.25, 0.3) is 0 Å². The fourth-order valence-electron chi connectivity index (χ4n) is 2.06. The molecule has 2 N–H and O–H groups in total. The number of hydrogen-bond donors (Lipinski definition) is 2. The van der Waals surface area contributed by atoms with Crippen molar-refractivity contribution >= 4 is 32.5 Å². The molecular weight excluding hydrogens is 288 g/mol. The maximum atomic E-state index is 3.44. The summed E-state index contributed by atoms with van der Waals surface area (Å²) >= 11 is 3.44. The third-order valence-electron chi connectivity index (χ3n) is 3.00. The fraction of sp³-hybridized carbons (Fsp3) is 0.0667. The summed E-state index contributed by atoms with van der Waals surface area (Å²) in [5.41, 5.74) is 3.62. The number of H-pyrrole nitrogens is 1. The molecule has 3 aromatic rings. The SMILES string of the molecule is Brc1ccc(NCc2cccc3cc[nH]c23)cc1.